The van der Waals surface area contributed by atoms with E-state index in [1.807, 2.05) is 13.8 Å². The number of nitrogens with one attached hydrogen (secondary N) is 1. The van der Waals surface area contributed by atoms with Crippen LogP contribution < -0.4 is 5.32 Å². The van der Waals surface area contributed by atoms with E-state index < -0.39 is 0 Å². The van der Waals surface area contributed by atoms with Crippen LogP contribution in [0.2, 0.25) is 0 Å². The molecular weight excluding hydrogens is 242 g/mol. The Balaban J connectivity index is 2.30. The Kier molecular flexibility index (Phi) is 5.21. The number of aromatic nitrogens is 2. The molecule has 6 heteroatoms. The summed E-state index contributed by atoms with van der Waals surface area (Å²) in [5.74, 6) is 0.919. The Labute approximate surface area is 104 Å². The van der Waals surface area contributed by atoms with Crippen molar-refractivity contribution in [1.82, 2.24) is 15.5 Å². The van der Waals surface area contributed by atoms with E-state index in [0.717, 1.165) is 9.35 Å². The highest BCUT2D eigenvalue weighted by Gasteiger charge is 2.11. The van der Waals surface area contributed by atoms with Gasteiger partial charge in [-0.3, -0.25) is 4.79 Å². The Morgan fingerprint density at radius 1 is 1.44 bits per heavy atom. The third-order valence-electron chi connectivity index (χ3n) is 2.22. The minimum Gasteiger partial charge on any atom is -0.353 e. The Bertz CT molecular complexity index is 352. The molecule has 1 unspecified atom stereocenters. The highest BCUT2D eigenvalue weighted by molar-refractivity contribution is 8.01. The van der Waals surface area contributed by atoms with E-state index >= 15 is 0 Å². The number of amides is 1. The lowest BCUT2D eigenvalue weighted by molar-refractivity contribution is -0.119. The number of nitrogens with zero attached hydrogens (tertiary/aromatic N) is 2. The van der Waals surface area contributed by atoms with Gasteiger partial charge in [0.1, 0.15) is 5.01 Å². The van der Waals surface area contributed by atoms with E-state index in [2.05, 4.69) is 29.4 Å². The summed E-state index contributed by atoms with van der Waals surface area (Å²) in [6.07, 6.45) is 0. The Hall–Kier alpha value is -0.620. The number of thioether (sulfide) groups is 1. The third kappa shape index (κ3) is 4.49. The number of hydrogen-bond acceptors (Lipinski definition) is 5. The van der Waals surface area contributed by atoms with Gasteiger partial charge in [0.2, 0.25) is 5.91 Å². The number of rotatable bonds is 5. The first-order valence-electron chi connectivity index (χ1n) is 5.21. The number of aryl methyl sites for hydroxylation is 1. The van der Waals surface area contributed by atoms with Gasteiger partial charge in [-0.05, 0) is 19.8 Å². The maximum Gasteiger partial charge on any atom is 0.230 e. The molecule has 0 spiro atoms. The van der Waals surface area contributed by atoms with Crippen molar-refractivity contribution in [3.05, 3.63) is 5.01 Å². The zero-order valence-electron chi connectivity index (χ0n) is 9.98. The van der Waals surface area contributed by atoms with Gasteiger partial charge in [0.15, 0.2) is 4.34 Å². The van der Waals surface area contributed by atoms with Crippen molar-refractivity contribution in [2.24, 2.45) is 5.92 Å². The lowest BCUT2D eigenvalue weighted by Gasteiger charge is -2.16. The number of hydrogen-bond donors (Lipinski definition) is 1. The van der Waals surface area contributed by atoms with Gasteiger partial charge in [0.05, 0.1) is 5.75 Å². The van der Waals surface area contributed by atoms with Crippen LogP contribution in [0.5, 0.6) is 0 Å². The molecule has 16 heavy (non-hydrogen) atoms. The van der Waals surface area contributed by atoms with Gasteiger partial charge < -0.3 is 5.32 Å². The molecule has 0 radical (unpaired) electrons. The predicted molar refractivity (Wildman–Crippen MR) is 67.8 cm³/mol. The van der Waals surface area contributed by atoms with Crippen LogP contribution in [0.3, 0.4) is 0 Å². The molecule has 1 rings (SSSR count). The van der Waals surface area contributed by atoms with Crippen molar-refractivity contribution >= 4 is 29.0 Å². The summed E-state index contributed by atoms with van der Waals surface area (Å²) in [5, 5.41) is 11.7. The van der Waals surface area contributed by atoms with Gasteiger partial charge in [0, 0.05) is 6.04 Å². The maximum atomic E-state index is 11.6. The third-order valence-corrected chi connectivity index (χ3v) is 4.19. The summed E-state index contributed by atoms with van der Waals surface area (Å²) < 4.78 is 0.852. The normalized spacial score (nSPS) is 12.8. The van der Waals surface area contributed by atoms with Crippen LogP contribution in [0.1, 0.15) is 25.8 Å². The maximum absolute atomic E-state index is 11.6. The lowest BCUT2D eigenvalue weighted by Crippen LogP contribution is -2.37. The highest BCUT2D eigenvalue weighted by atomic mass is 32.2. The van der Waals surface area contributed by atoms with Gasteiger partial charge in [-0.25, -0.2) is 0 Å². The van der Waals surface area contributed by atoms with Gasteiger partial charge in [-0.2, -0.15) is 0 Å². The molecule has 0 fully saturated rings. The second-order valence-electron chi connectivity index (χ2n) is 3.98. The zero-order valence-corrected chi connectivity index (χ0v) is 11.6. The van der Waals surface area contributed by atoms with Crippen molar-refractivity contribution in [3.63, 3.8) is 0 Å². The summed E-state index contributed by atoms with van der Waals surface area (Å²) >= 11 is 2.95. The monoisotopic (exact) mass is 259 g/mol. The first-order chi connectivity index (χ1) is 7.49. The summed E-state index contributed by atoms with van der Waals surface area (Å²) in [6, 6.07) is 0.212. The Morgan fingerprint density at radius 3 is 2.62 bits per heavy atom. The fourth-order valence-electron chi connectivity index (χ4n) is 0.926. The van der Waals surface area contributed by atoms with Crippen LogP contribution in [-0.2, 0) is 4.79 Å². The standard InChI is InChI=1S/C10H17N3OS2/c1-6(2)7(3)11-9(14)5-15-10-13-12-8(4)16-10/h6-7H,5H2,1-4H3,(H,11,14). The van der Waals surface area contributed by atoms with Crippen LogP contribution in [0.4, 0.5) is 0 Å². The number of carbonyl (C=O) groups is 1. The highest BCUT2D eigenvalue weighted by Crippen LogP contribution is 2.21. The van der Waals surface area contributed by atoms with Crippen LogP contribution in [0, 0.1) is 12.8 Å². The molecule has 1 heterocycles. The van der Waals surface area contributed by atoms with Crippen molar-refractivity contribution in [2.45, 2.75) is 38.1 Å². The molecule has 1 N–H and O–H groups in total. The smallest absolute Gasteiger partial charge is 0.230 e. The topological polar surface area (TPSA) is 54.9 Å². The molecule has 1 amide bonds. The molecule has 1 aromatic rings. The SMILES string of the molecule is Cc1nnc(SCC(=O)NC(C)C(C)C)s1. The molecule has 1 atom stereocenters. The predicted octanol–water partition coefficient (Wildman–Crippen LogP) is 2.10. The van der Waals surface area contributed by atoms with E-state index in [0.29, 0.717) is 11.7 Å². The molecule has 0 aliphatic rings. The quantitative estimate of drug-likeness (QED) is 0.823. The van der Waals surface area contributed by atoms with Gasteiger partial charge in [-0.1, -0.05) is 36.9 Å². The van der Waals surface area contributed by atoms with E-state index in [9.17, 15) is 4.79 Å². The minimum absolute atomic E-state index is 0.0547. The van der Waals surface area contributed by atoms with E-state index in [1.54, 1.807) is 0 Å². The molecule has 0 aromatic carbocycles. The molecule has 1 aromatic heterocycles. The van der Waals surface area contributed by atoms with Crippen molar-refractivity contribution in [3.8, 4) is 0 Å². The van der Waals surface area contributed by atoms with E-state index in [-0.39, 0.29) is 11.9 Å². The summed E-state index contributed by atoms with van der Waals surface area (Å²) in [7, 11) is 0. The lowest BCUT2D eigenvalue weighted by atomic mass is 10.1. The van der Waals surface area contributed by atoms with Gasteiger partial charge in [-0.15, -0.1) is 10.2 Å². The molecule has 0 saturated heterocycles. The molecule has 90 valence electrons. The Morgan fingerprint density at radius 2 is 2.12 bits per heavy atom. The van der Waals surface area contributed by atoms with Crippen LogP contribution in [0.25, 0.3) is 0 Å². The fourth-order valence-corrected chi connectivity index (χ4v) is 2.55. The first-order valence-corrected chi connectivity index (χ1v) is 7.01. The summed E-state index contributed by atoms with van der Waals surface area (Å²) in [4.78, 5) is 11.6. The molecule has 4 nitrogen and oxygen atoms in total. The average Bonchev–Trinajstić information content (AvgIpc) is 2.61. The molecular formula is C10H17N3OS2. The molecule has 0 bridgehead atoms. The van der Waals surface area contributed by atoms with Crippen molar-refractivity contribution in [1.29, 1.82) is 0 Å². The van der Waals surface area contributed by atoms with Crippen LogP contribution in [-0.4, -0.2) is 27.9 Å². The van der Waals surface area contributed by atoms with Crippen LogP contribution >= 0.6 is 23.1 Å². The van der Waals surface area contributed by atoms with Crippen molar-refractivity contribution in [2.75, 3.05) is 5.75 Å². The second-order valence-corrected chi connectivity index (χ2v) is 6.38. The average molecular weight is 259 g/mol. The minimum atomic E-state index is 0.0547. The summed E-state index contributed by atoms with van der Waals surface area (Å²) in [6.45, 7) is 8.10. The van der Waals surface area contributed by atoms with Crippen LogP contribution in [0.15, 0.2) is 4.34 Å². The second kappa shape index (κ2) is 6.20. The number of carbonyl (C=O) groups excluding carboxylic acids is 1. The van der Waals surface area contributed by atoms with Crippen molar-refractivity contribution < 1.29 is 4.79 Å². The van der Waals surface area contributed by atoms with Gasteiger partial charge in [0.25, 0.3) is 0 Å². The molecule has 0 aliphatic carbocycles. The zero-order chi connectivity index (χ0) is 12.1. The van der Waals surface area contributed by atoms with Gasteiger partial charge >= 0.3 is 0 Å². The summed E-state index contributed by atoms with van der Waals surface area (Å²) in [5.41, 5.74) is 0. The van der Waals surface area contributed by atoms with E-state index in [4.69, 9.17) is 0 Å². The molecule has 0 aliphatic heterocycles. The fraction of sp³-hybridized carbons (Fsp3) is 0.700. The first kappa shape index (κ1) is 13.4. The molecule has 0 saturated carbocycles. The largest absolute Gasteiger partial charge is 0.353 e. The van der Waals surface area contributed by atoms with E-state index in [1.165, 1.54) is 23.1 Å².